The van der Waals surface area contributed by atoms with E-state index in [2.05, 4.69) is 9.71 Å². The van der Waals surface area contributed by atoms with Crippen molar-refractivity contribution in [2.75, 3.05) is 10.5 Å². The van der Waals surface area contributed by atoms with Crippen LogP contribution >= 0.6 is 11.3 Å². The molecule has 1 aromatic carbocycles. The SMILES string of the molecule is Cc1cnc(NS(=O)(=O)c2cccc(N)c2C)s1. The second-order valence-electron chi connectivity index (χ2n) is 3.85. The molecule has 2 aromatic rings. The highest BCUT2D eigenvalue weighted by Gasteiger charge is 2.19. The normalized spacial score (nSPS) is 11.4. The van der Waals surface area contributed by atoms with E-state index in [1.54, 1.807) is 25.3 Å². The van der Waals surface area contributed by atoms with E-state index in [1.807, 2.05) is 6.92 Å². The van der Waals surface area contributed by atoms with Crippen LogP contribution in [0.3, 0.4) is 0 Å². The average molecular weight is 283 g/mol. The molecule has 18 heavy (non-hydrogen) atoms. The molecule has 3 N–H and O–H groups in total. The van der Waals surface area contributed by atoms with Gasteiger partial charge < -0.3 is 5.73 Å². The van der Waals surface area contributed by atoms with Gasteiger partial charge in [0.05, 0.1) is 4.90 Å². The fourth-order valence-electron chi connectivity index (χ4n) is 1.49. The highest BCUT2D eigenvalue weighted by Crippen LogP contribution is 2.24. The summed E-state index contributed by atoms with van der Waals surface area (Å²) in [6, 6.07) is 4.81. The first-order valence-electron chi connectivity index (χ1n) is 5.20. The molecule has 0 bridgehead atoms. The molecule has 5 nitrogen and oxygen atoms in total. The van der Waals surface area contributed by atoms with Gasteiger partial charge in [-0.3, -0.25) is 4.72 Å². The number of hydrogen-bond acceptors (Lipinski definition) is 5. The van der Waals surface area contributed by atoms with E-state index in [1.165, 1.54) is 17.4 Å². The minimum Gasteiger partial charge on any atom is -0.398 e. The topological polar surface area (TPSA) is 85.1 Å². The molecule has 96 valence electrons. The van der Waals surface area contributed by atoms with Crippen molar-refractivity contribution in [2.45, 2.75) is 18.7 Å². The molecule has 0 unspecified atom stereocenters. The molecule has 0 atom stereocenters. The number of sulfonamides is 1. The number of nitrogens with two attached hydrogens (primary N) is 1. The van der Waals surface area contributed by atoms with Gasteiger partial charge in [0.1, 0.15) is 0 Å². The molecule has 0 aliphatic rings. The van der Waals surface area contributed by atoms with Crippen molar-refractivity contribution in [1.29, 1.82) is 0 Å². The summed E-state index contributed by atoms with van der Waals surface area (Å²) in [6.45, 7) is 3.54. The van der Waals surface area contributed by atoms with Crippen molar-refractivity contribution in [3.63, 3.8) is 0 Å². The number of thiazole rings is 1. The molecule has 1 aromatic heterocycles. The van der Waals surface area contributed by atoms with E-state index < -0.39 is 10.0 Å². The summed E-state index contributed by atoms with van der Waals surface area (Å²) in [4.78, 5) is 5.09. The van der Waals surface area contributed by atoms with Crippen LogP contribution in [0.4, 0.5) is 10.8 Å². The molecule has 0 radical (unpaired) electrons. The molecule has 0 saturated heterocycles. The van der Waals surface area contributed by atoms with E-state index in [0.29, 0.717) is 16.4 Å². The summed E-state index contributed by atoms with van der Waals surface area (Å²) < 4.78 is 26.8. The van der Waals surface area contributed by atoms with Crippen LogP contribution in [0.5, 0.6) is 0 Å². The highest BCUT2D eigenvalue weighted by atomic mass is 32.2. The maximum Gasteiger partial charge on any atom is 0.264 e. The molecule has 7 heteroatoms. The average Bonchev–Trinajstić information content (AvgIpc) is 2.67. The summed E-state index contributed by atoms with van der Waals surface area (Å²) in [5.41, 5.74) is 6.70. The number of aryl methyl sites for hydroxylation is 1. The van der Waals surface area contributed by atoms with Crippen LogP contribution in [0.25, 0.3) is 0 Å². The Balaban J connectivity index is 2.40. The van der Waals surface area contributed by atoms with Crippen LogP contribution in [0.1, 0.15) is 10.4 Å². The summed E-state index contributed by atoms with van der Waals surface area (Å²) in [5, 5.41) is 0.356. The van der Waals surface area contributed by atoms with Gasteiger partial charge in [0.25, 0.3) is 10.0 Å². The fraction of sp³-hybridized carbons (Fsp3) is 0.182. The number of anilines is 2. The van der Waals surface area contributed by atoms with Gasteiger partial charge in [-0.05, 0) is 31.5 Å². The largest absolute Gasteiger partial charge is 0.398 e. The molecule has 2 rings (SSSR count). The zero-order valence-electron chi connectivity index (χ0n) is 9.97. The van der Waals surface area contributed by atoms with Crippen LogP contribution in [-0.4, -0.2) is 13.4 Å². The molecule has 0 saturated carbocycles. The Morgan fingerprint density at radius 3 is 2.67 bits per heavy atom. The predicted octanol–water partition coefficient (Wildman–Crippen LogP) is 2.14. The third kappa shape index (κ3) is 2.46. The number of rotatable bonds is 3. The Morgan fingerprint density at radius 1 is 1.33 bits per heavy atom. The molecule has 0 fully saturated rings. The number of nitrogens with zero attached hydrogens (tertiary/aromatic N) is 1. The molecule has 0 amide bonds. The second kappa shape index (κ2) is 4.58. The van der Waals surface area contributed by atoms with E-state index in [4.69, 9.17) is 5.73 Å². The third-order valence-corrected chi connectivity index (χ3v) is 4.90. The summed E-state index contributed by atoms with van der Waals surface area (Å²) >= 11 is 1.29. The fourth-order valence-corrected chi connectivity index (χ4v) is 3.68. The Kier molecular flexibility index (Phi) is 3.27. The molecule has 1 heterocycles. The van der Waals surface area contributed by atoms with Crippen LogP contribution in [0.2, 0.25) is 0 Å². The highest BCUT2D eigenvalue weighted by molar-refractivity contribution is 7.93. The zero-order chi connectivity index (χ0) is 13.3. The van der Waals surface area contributed by atoms with Crippen LogP contribution in [-0.2, 0) is 10.0 Å². The third-order valence-electron chi connectivity index (χ3n) is 2.46. The monoisotopic (exact) mass is 283 g/mol. The lowest BCUT2D eigenvalue weighted by Gasteiger charge is -2.09. The van der Waals surface area contributed by atoms with Crippen molar-refractivity contribution in [2.24, 2.45) is 0 Å². The zero-order valence-corrected chi connectivity index (χ0v) is 11.6. The van der Waals surface area contributed by atoms with Crippen molar-refractivity contribution in [3.8, 4) is 0 Å². The van der Waals surface area contributed by atoms with Crippen molar-refractivity contribution < 1.29 is 8.42 Å². The van der Waals surface area contributed by atoms with E-state index in [0.717, 1.165) is 4.88 Å². The lowest BCUT2D eigenvalue weighted by atomic mass is 10.2. The maximum atomic E-state index is 12.2. The van der Waals surface area contributed by atoms with Gasteiger partial charge in [0.2, 0.25) is 0 Å². The Labute approximate surface area is 110 Å². The smallest absolute Gasteiger partial charge is 0.264 e. The lowest BCUT2D eigenvalue weighted by molar-refractivity contribution is 0.600. The minimum atomic E-state index is -3.64. The van der Waals surface area contributed by atoms with Gasteiger partial charge in [-0.15, -0.1) is 11.3 Å². The van der Waals surface area contributed by atoms with E-state index >= 15 is 0 Å². The number of hydrogen-bond donors (Lipinski definition) is 2. The predicted molar refractivity (Wildman–Crippen MR) is 73.3 cm³/mol. The lowest BCUT2D eigenvalue weighted by Crippen LogP contribution is -2.14. The number of aromatic nitrogens is 1. The first kappa shape index (κ1) is 12.8. The van der Waals surface area contributed by atoms with Gasteiger partial charge in [0.15, 0.2) is 5.13 Å². The summed E-state index contributed by atoms with van der Waals surface area (Å²) in [6.07, 6.45) is 1.62. The number of benzene rings is 1. The minimum absolute atomic E-state index is 0.176. The number of nitrogens with one attached hydrogen (secondary N) is 1. The Bertz CT molecular complexity index is 677. The van der Waals surface area contributed by atoms with Gasteiger partial charge in [-0.1, -0.05) is 6.07 Å². The van der Waals surface area contributed by atoms with Crippen molar-refractivity contribution in [1.82, 2.24) is 4.98 Å². The molecule has 0 spiro atoms. The van der Waals surface area contributed by atoms with Gasteiger partial charge >= 0.3 is 0 Å². The van der Waals surface area contributed by atoms with E-state index in [-0.39, 0.29) is 4.90 Å². The van der Waals surface area contributed by atoms with Gasteiger partial charge in [-0.25, -0.2) is 13.4 Å². The summed E-state index contributed by atoms with van der Waals surface area (Å²) in [7, 11) is -3.64. The first-order chi connectivity index (χ1) is 8.40. The first-order valence-corrected chi connectivity index (χ1v) is 7.50. The molecular formula is C11H13N3O2S2. The van der Waals surface area contributed by atoms with Crippen LogP contribution in [0, 0.1) is 13.8 Å². The molecular weight excluding hydrogens is 270 g/mol. The van der Waals surface area contributed by atoms with Crippen LogP contribution in [0.15, 0.2) is 29.3 Å². The molecule has 0 aliphatic carbocycles. The second-order valence-corrected chi connectivity index (χ2v) is 6.74. The molecule has 0 aliphatic heterocycles. The van der Waals surface area contributed by atoms with Gasteiger partial charge in [0, 0.05) is 16.8 Å². The Morgan fingerprint density at radius 2 is 2.06 bits per heavy atom. The standard InChI is InChI=1S/C11H13N3O2S2/c1-7-6-13-11(17-7)14-18(15,16)10-5-3-4-9(12)8(10)2/h3-6H,12H2,1-2H3,(H,13,14). The van der Waals surface area contributed by atoms with Crippen molar-refractivity contribution in [3.05, 3.63) is 34.8 Å². The maximum absolute atomic E-state index is 12.2. The van der Waals surface area contributed by atoms with Crippen LogP contribution < -0.4 is 10.5 Å². The van der Waals surface area contributed by atoms with Gasteiger partial charge in [-0.2, -0.15) is 0 Å². The van der Waals surface area contributed by atoms with E-state index in [9.17, 15) is 8.42 Å². The summed E-state index contributed by atoms with van der Waals surface area (Å²) in [5.74, 6) is 0. The Hall–Kier alpha value is -1.60. The number of nitrogen functional groups attached to an aromatic ring is 1. The quantitative estimate of drug-likeness (QED) is 0.845. The van der Waals surface area contributed by atoms with Crippen molar-refractivity contribution >= 4 is 32.2 Å².